The van der Waals surface area contributed by atoms with Gasteiger partial charge in [-0.3, -0.25) is 0 Å². The highest BCUT2D eigenvalue weighted by atomic mass is 35.5. The van der Waals surface area contributed by atoms with Crippen LogP contribution in [-0.2, 0) is 17.2 Å². The first kappa shape index (κ1) is 14.3. The molecule has 4 nitrogen and oxygen atoms in total. The van der Waals surface area contributed by atoms with E-state index in [-0.39, 0.29) is 0 Å². The van der Waals surface area contributed by atoms with Crippen LogP contribution in [0.5, 0.6) is 0 Å². The van der Waals surface area contributed by atoms with Crippen molar-refractivity contribution < 1.29 is 4.74 Å². The lowest BCUT2D eigenvalue weighted by molar-refractivity contribution is 0.129. The second-order valence-corrected chi connectivity index (χ2v) is 4.90. The molecule has 0 fully saturated rings. The SMILES string of the molecule is CCCOCCCn1c(CCl)nc2cc(C)cnc21. The van der Waals surface area contributed by atoms with Gasteiger partial charge in [-0.1, -0.05) is 6.92 Å². The van der Waals surface area contributed by atoms with E-state index in [9.17, 15) is 0 Å². The van der Waals surface area contributed by atoms with Gasteiger partial charge in [0.1, 0.15) is 11.3 Å². The molecule has 2 rings (SSSR count). The molecule has 0 N–H and O–H groups in total. The predicted octanol–water partition coefficient (Wildman–Crippen LogP) is 3.30. The Morgan fingerprint density at radius 3 is 2.95 bits per heavy atom. The van der Waals surface area contributed by atoms with E-state index in [0.717, 1.165) is 55.2 Å². The number of nitrogens with zero attached hydrogens (tertiary/aromatic N) is 3. The Kier molecular flexibility index (Phi) is 5.16. The van der Waals surface area contributed by atoms with Gasteiger partial charge < -0.3 is 9.30 Å². The topological polar surface area (TPSA) is 39.9 Å². The summed E-state index contributed by atoms with van der Waals surface area (Å²) in [5.74, 6) is 1.29. The molecule has 0 aliphatic heterocycles. The summed E-state index contributed by atoms with van der Waals surface area (Å²) >= 11 is 5.96. The van der Waals surface area contributed by atoms with Crippen molar-refractivity contribution >= 4 is 22.8 Å². The maximum absolute atomic E-state index is 5.96. The number of fused-ring (bicyclic) bond motifs is 1. The number of aryl methyl sites for hydroxylation is 2. The maximum atomic E-state index is 5.96. The second-order valence-electron chi connectivity index (χ2n) is 4.63. The minimum Gasteiger partial charge on any atom is -0.381 e. The van der Waals surface area contributed by atoms with Gasteiger partial charge in [0.25, 0.3) is 0 Å². The maximum Gasteiger partial charge on any atom is 0.160 e. The van der Waals surface area contributed by atoms with Crippen molar-refractivity contribution in [3.8, 4) is 0 Å². The number of halogens is 1. The highest BCUT2D eigenvalue weighted by Crippen LogP contribution is 2.17. The summed E-state index contributed by atoms with van der Waals surface area (Å²) in [6.07, 6.45) is 3.87. The van der Waals surface area contributed by atoms with Crippen LogP contribution in [0.3, 0.4) is 0 Å². The van der Waals surface area contributed by atoms with Gasteiger partial charge in [0, 0.05) is 26.0 Å². The van der Waals surface area contributed by atoms with E-state index in [1.807, 2.05) is 19.2 Å². The lowest BCUT2D eigenvalue weighted by Crippen LogP contribution is -2.06. The Bertz CT molecular complexity index is 539. The molecule has 0 atom stereocenters. The number of imidazole rings is 1. The van der Waals surface area contributed by atoms with Crippen molar-refractivity contribution in [3.05, 3.63) is 23.7 Å². The molecule has 0 unspecified atom stereocenters. The van der Waals surface area contributed by atoms with Crippen LogP contribution in [0.1, 0.15) is 31.2 Å². The zero-order valence-corrected chi connectivity index (χ0v) is 12.3. The minimum atomic E-state index is 0.408. The van der Waals surface area contributed by atoms with Gasteiger partial charge in [0.05, 0.1) is 5.88 Å². The summed E-state index contributed by atoms with van der Waals surface area (Å²) in [6, 6.07) is 2.04. The van der Waals surface area contributed by atoms with E-state index in [1.54, 1.807) is 0 Å². The normalized spacial score (nSPS) is 11.3. The molecule has 5 heteroatoms. The van der Waals surface area contributed by atoms with E-state index < -0.39 is 0 Å². The Morgan fingerprint density at radius 2 is 2.21 bits per heavy atom. The number of alkyl halides is 1. The zero-order chi connectivity index (χ0) is 13.7. The molecule has 19 heavy (non-hydrogen) atoms. The molecule has 0 saturated carbocycles. The summed E-state index contributed by atoms with van der Waals surface area (Å²) in [7, 11) is 0. The van der Waals surface area contributed by atoms with Crippen molar-refractivity contribution in [1.29, 1.82) is 0 Å². The molecular weight excluding hydrogens is 262 g/mol. The third-order valence-corrected chi connectivity index (χ3v) is 3.18. The fourth-order valence-corrected chi connectivity index (χ4v) is 2.27. The summed E-state index contributed by atoms with van der Waals surface area (Å²) < 4.78 is 7.59. The molecule has 0 spiro atoms. The van der Waals surface area contributed by atoms with Crippen LogP contribution in [0.4, 0.5) is 0 Å². The molecule has 0 aromatic carbocycles. The van der Waals surface area contributed by atoms with Crippen molar-refractivity contribution in [2.75, 3.05) is 13.2 Å². The van der Waals surface area contributed by atoms with Gasteiger partial charge in [0.15, 0.2) is 5.65 Å². The molecule has 2 aromatic rings. The molecule has 0 saturated heterocycles. The fourth-order valence-electron chi connectivity index (χ4n) is 2.07. The zero-order valence-electron chi connectivity index (χ0n) is 11.5. The lowest BCUT2D eigenvalue weighted by Gasteiger charge is -2.07. The first-order valence-corrected chi connectivity index (χ1v) is 7.25. The highest BCUT2D eigenvalue weighted by Gasteiger charge is 2.10. The molecule has 104 valence electrons. The largest absolute Gasteiger partial charge is 0.381 e. The average Bonchev–Trinajstić information content (AvgIpc) is 2.75. The fraction of sp³-hybridized carbons (Fsp3) is 0.571. The smallest absolute Gasteiger partial charge is 0.160 e. The van der Waals surface area contributed by atoms with Crippen LogP contribution >= 0.6 is 11.6 Å². The van der Waals surface area contributed by atoms with Crippen LogP contribution in [0.25, 0.3) is 11.2 Å². The molecular formula is C14H20ClN3O. The van der Waals surface area contributed by atoms with Gasteiger partial charge in [-0.2, -0.15) is 0 Å². The van der Waals surface area contributed by atoms with Crippen LogP contribution in [0.15, 0.2) is 12.3 Å². The Hall–Kier alpha value is -1.13. The molecule has 0 aliphatic rings. The Labute approximate surface area is 118 Å². The second kappa shape index (κ2) is 6.87. The highest BCUT2D eigenvalue weighted by molar-refractivity contribution is 6.16. The summed E-state index contributed by atoms with van der Waals surface area (Å²) in [4.78, 5) is 9.00. The Morgan fingerprint density at radius 1 is 1.37 bits per heavy atom. The quantitative estimate of drug-likeness (QED) is 0.577. The molecule has 0 radical (unpaired) electrons. The third kappa shape index (κ3) is 3.45. The summed E-state index contributed by atoms with van der Waals surface area (Å²) in [5, 5.41) is 0. The molecule has 0 aliphatic carbocycles. The lowest BCUT2D eigenvalue weighted by atomic mass is 10.3. The molecule has 2 heterocycles. The van der Waals surface area contributed by atoms with Crippen LogP contribution in [0.2, 0.25) is 0 Å². The minimum absolute atomic E-state index is 0.408. The predicted molar refractivity (Wildman–Crippen MR) is 77.5 cm³/mol. The standard InChI is InChI=1S/C14H20ClN3O/c1-3-6-19-7-4-5-18-13(9-15)17-12-8-11(2)10-16-14(12)18/h8,10H,3-7,9H2,1-2H3. The van der Waals surface area contributed by atoms with E-state index in [4.69, 9.17) is 16.3 Å². The van der Waals surface area contributed by atoms with E-state index in [0.29, 0.717) is 5.88 Å². The number of aromatic nitrogens is 3. The number of pyridine rings is 1. The first-order chi connectivity index (χ1) is 9.26. The van der Waals surface area contributed by atoms with Crippen molar-refractivity contribution in [3.63, 3.8) is 0 Å². The van der Waals surface area contributed by atoms with E-state index >= 15 is 0 Å². The van der Waals surface area contributed by atoms with Gasteiger partial charge in [-0.15, -0.1) is 11.6 Å². The molecule has 0 amide bonds. The Balaban J connectivity index is 2.11. The monoisotopic (exact) mass is 281 g/mol. The van der Waals surface area contributed by atoms with Crippen LogP contribution in [-0.4, -0.2) is 27.7 Å². The van der Waals surface area contributed by atoms with Crippen molar-refractivity contribution in [2.24, 2.45) is 0 Å². The van der Waals surface area contributed by atoms with E-state index in [2.05, 4.69) is 21.5 Å². The molecule has 2 aromatic heterocycles. The van der Waals surface area contributed by atoms with Gasteiger partial charge in [0.2, 0.25) is 0 Å². The molecule has 0 bridgehead atoms. The number of rotatable bonds is 7. The summed E-state index contributed by atoms with van der Waals surface area (Å²) in [5.41, 5.74) is 2.95. The number of hydrogen-bond donors (Lipinski definition) is 0. The van der Waals surface area contributed by atoms with Gasteiger partial charge >= 0.3 is 0 Å². The number of ether oxygens (including phenoxy) is 1. The van der Waals surface area contributed by atoms with Crippen molar-refractivity contribution in [1.82, 2.24) is 14.5 Å². The van der Waals surface area contributed by atoms with Gasteiger partial charge in [-0.05, 0) is 31.4 Å². The van der Waals surface area contributed by atoms with E-state index in [1.165, 1.54) is 0 Å². The summed E-state index contributed by atoms with van der Waals surface area (Å²) in [6.45, 7) is 6.57. The van der Waals surface area contributed by atoms with Gasteiger partial charge in [-0.25, -0.2) is 9.97 Å². The number of hydrogen-bond acceptors (Lipinski definition) is 3. The van der Waals surface area contributed by atoms with Crippen LogP contribution in [0, 0.1) is 6.92 Å². The first-order valence-electron chi connectivity index (χ1n) is 6.71. The third-order valence-electron chi connectivity index (χ3n) is 2.94. The van der Waals surface area contributed by atoms with Crippen molar-refractivity contribution in [2.45, 2.75) is 39.1 Å². The average molecular weight is 282 g/mol. The van der Waals surface area contributed by atoms with Crippen LogP contribution < -0.4 is 0 Å².